The van der Waals surface area contributed by atoms with Crippen LogP contribution in [-0.4, -0.2) is 0 Å². The third kappa shape index (κ3) is 2.24. The minimum atomic E-state index is -0.0466. The zero-order valence-electron chi connectivity index (χ0n) is 8.27. The van der Waals surface area contributed by atoms with Gasteiger partial charge in [-0.15, -0.1) is 0 Å². The Labute approximate surface area is 75.8 Å². The Balaban J connectivity index is 2.42. The summed E-state index contributed by atoms with van der Waals surface area (Å²) in [7, 11) is 0. The molecule has 1 nitrogen and oxygen atoms in total. The molecule has 0 amide bonds. The Kier molecular flexibility index (Phi) is 3.14. The monoisotopic (exact) mass is 165 g/mol. The second-order valence-electron chi connectivity index (χ2n) is 4.38. The maximum Gasteiger partial charge on any atom is 0.0686 e. The molecule has 1 atom stereocenters. The van der Waals surface area contributed by atoms with Crippen LogP contribution in [0, 0.1) is 22.7 Å². The summed E-state index contributed by atoms with van der Waals surface area (Å²) >= 11 is 0. The van der Waals surface area contributed by atoms with E-state index in [1.54, 1.807) is 0 Å². The molecule has 1 unspecified atom stereocenters. The average molecular weight is 165 g/mol. The van der Waals surface area contributed by atoms with Crippen molar-refractivity contribution in [2.75, 3.05) is 0 Å². The normalized spacial score (nSPS) is 23.4. The van der Waals surface area contributed by atoms with Crippen LogP contribution in [0.4, 0.5) is 0 Å². The summed E-state index contributed by atoms with van der Waals surface area (Å²) in [5.74, 6) is 0.842. The highest BCUT2D eigenvalue weighted by Crippen LogP contribution is 2.37. The van der Waals surface area contributed by atoms with Crippen LogP contribution in [-0.2, 0) is 0 Å². The van der Waals surface area contributed by atoms with Gasteiger partial charge >= 0.3 is 0 Å². The lowest BCUT2D eigenvalue weighted by molar-refractivity contribution is 0.309. The third-order valence-corrected chi connectivity index (χ3v) is 3.26. The molecule has 0 bridgehead atoms. The zero-order chi connectivity index (χ0) is 9.03. The molecule has 1 aliphatic rings. The first kappa shape index (κ1) is 9.58. The van der Waals surface area contributed by atoms with Crippen molar-refractivity contribution in [3.63, 3.8) is 0 Å². The Morgan fingerprint density at radius 3 is 2.42 bits per heavy atom. The lowest BCUT2D eigenvalue weighted by atomic mass is 9.79. The molecule has 0 spiro atoms. The summed E-state index contributed by atoms with van der Waals surface area (Å²) in [6.45, 7) is 4.23. The van der Waals surface area contributed by atoms with Gasteiger partial charge < -0.3 is 0 Å². The summed E-state index contributed by atoms with van der Waals surface area (Å²) in [6, 6.07) is 2.46. The fourth-order valence-corrected chi connectivity index (χ4v) is 2.12. The molecule has 1 aliphatic carbocycles. The van der Waals surface area contributed by atoms with Crippen LogP contribution in [0.2, 0.25) is 0 Å². The number of hydrogen-bond donors (Lipinski definition) is 0. The lowest BCUT2D eigenvalue weighted by Gasteiger charge is -2.22. The van der Waals surface area contributed by atoms with E-state index in [1.807, 2.05) is 0 Å². The van der Waals surface area contributed by atoms with Crippen LogP contribution in [0.25, 0.3) is 0 Å². The highest BCUT2D eigenvalue weighted by atomic mass is 14.4. The van der Waals surface area contributed by atoms with Crippen molar-refractivity contribution in [1.29, 1.82) is 5.26 Å². The third-order valence-electron chi connectivity index (χ3n) is 3.26. The van der Waals surface area contributed by atoms with Crippen LogP contribution in [0.5, 0.6) is 0 Å². The van der Waals surface area contributed by atoms with E-state index in [-0.39, 0.29) is 5.41 Å². The summed E-state index contributed by atoms with van der Waals surface area (Å²) in [5.41, 5.74) is -0.0466. The molecule has 1 fully saturated rings. The van der Waals surface area contributed by atoms with Gasteiger partial charge in [0.25, 0.3) is 0 Å². The molecule has 1 rings (SSSR count). The SMILES string of the molecule is CCC(C)(C#N)CC1CCCC1. The predicted octanol–water partition coefficient (Wildman–Crippen LogP) is 3.51. The summed E-state index contributed by atoms with van der Waals surface area (Å²) in [6.07, 6.45) is 7.61. The van der Waals surface area contributed by atoms with E-state index in [0.29, 0.717) is 0 Å². The first-order chi connectivity index (χ1) is 5.70. The van der Waals surface area contributed by atoms with E-state index >= 15 is 0 Å². The molecule has 0 saturated heterocycles. The first-order valence-electron chi connectivity index (χ1n) is 5.11. The number of nitrogens with zero attached hydrogens (tertiary/aromatic N) is 1. The van der Waals surface area contributed by atoms with Crippen molar-refractivity contribution in [2.45, 2.75) is 52.4 Å². The van der Waals surface area contributed by atoms with Crippen molar-refractivity contribution in [1.82, 2.24) is 0 Å². The van der Waals surface area contributed by atoms with Gasteiger partial charge in [0.15, 0.2) is 0 Å². The summed E-state index contributed by atoms with van der Waals surface area (Å²) in [4.78, 5) is 0. The van der Waals surface area contributed by atoms with Gasteiger partial charge in [0.2, 0.25) is 0 Å². The molecule has 0 aromatic rings. The Morgan fingerprint density at radius 2 is 2.00 bits per heavy atom. The van der Waals surface area contributed by atoms with Gasteiger partial charge in [-0.25, -0.2) is 0 Å². The Bertz CT molecular complexity index is 174. The maximum atomic E-state index is 9.00. The molecule has 68 valence electrons. The van der Waals surface area contributed by atoms with E-state index in [4.69, 9.17) is 5.26 Å². The summed E-state index contributed by atoms with van der Waals surface area (Å²) in [5, 5.41) is 9.00. The largest absolute Gasteiger partial charge is 0.198 e. The van der Waals surface area contributed by atoms with E-state index in [0.717, 1.165) is 18.8 Å². The van der Waals surface area contributed by atoms with E-state index in [2.05, 4.69) is 19.9 Å². The minimum Gasteiger partial charge on any atom is -0.198 e. The van der Waals surface area contributed by atoms with E-state index in [1.165, 1.54) is 25.7 Å². The molecule has 0 aromatic carbocycles. The standard InChI is InChI=1S/C11H19N/c1-3-11(2,9-12)8-10-6-4-5-7-10/h10H,3-8H2,1-2H3. The maximum absolute atomic E-state index is 9.00. The fourth-order valence-electron chi connectivity index (χ4n) is 2.12. The van der Waals surface area contributed by atoms with Gasteiger partial charge in [-0.2, -0.15) is 5.26 Å². The number of hydrogen-bond acceptors (Lipinski definition) is 1. The van der Waals surface area contributed by atoms with Gasteiger partial charge in [-0.05, 0) is 25.7 Å². The molecule has 0 N–H and O–H groups in total. The summed E-state index contributed by atoms with van der Waals surface area (Å²) < 4.78 is 0. The van der Waals surface area contributed by atoms with Crippen LogP contribution >= 0.6 is 0 Å². The molecule has 0 aliphatic heterocycles. The van der Waals surface area contributed by atoms with Gasteiger partial charge in [-0.1, -0.05) is 32.6 Å². The Hall–Kier alpha value is -0.510. The first-order valence-corrected chi connectivity index (χ1v) is 5.11. The number of rotatable bonds is 3. The van der Waals surface area contributed by atoms with Crippen LogP contribution in [0.1, 0.15) is 52.4 Å². The van der Waals surface area contributed by atoms with Crippen molar-refractivity contribution in [2.24, 2.45) is 11.3 Å². The van der Waals surface area contributed by atoms with Crippen molar-refractivity contribution < 1.29 is 0 Å². The molecule has 0 aromatic heterocycles. The molecule has 0 heterocycles. The molecular formula is C11H19N. The molecule has 1 heteroatoms. The molecule has 12 heavy (non-hydrogen) atoms. The minimum absolute atomic E-state index is 0.0466. The van der Waals surface area contributed by atoms with Crippen LogP contribution < -0.4 is 0 Å². The van der Waals surface area contributed by atoms with E-state index < -0.39 is 0 Å². The van der Waals surface area contributed by atoms with Gasteiger partial charge in [0.1, 0.15) is 0 Å². The molecular weight excluding hydrogens is 146 g/mol. The fraction of sp³-hybridized carbons (Fsp3) is 0.909. The highest BCUT2D eigenvalue weighted by molar-refractivity contribution is 4.96. The van der Waals surface area contributed by atoms with Crippen molar-refractivity contribution in [3.8, 4) is 6.07 Å². The second-order valence-corrected chi connectivity index (χ2v) is 4.38. The van der Waals surface area contributed by atoms with Gasteiger partial charge in [0.05, 0.1) is 11.5 Å². The van der Waals surface area contributed by atoms with Crippen molar-refractivity contribution in [3.05, 3.63) is 0 Å². The molecule has 1 saturated carbocycles. The lowest BCUT2D eigenvalue weighted by Crippen LogP contribution is -2.16. The predicted molar refractivity (Wildman–Crippen MR) is 50.6 cm³/mol. The highest BCUT2D eigenvalue weighted by Gasteiger charge is 2.27. The second kappa shape index (κ2) is 3.94. The quantitative estimate of drug-likeness (QED) is 0.627. The zero-order valence-corrected chi connectivity index (χ0v) is 8.27. The topological polar surface area (TPSA) is 23.8 Å². The van der Waals surface area contributed by atoms with Gasteiger partial charge in [0, 0.05) is 0 Å². The van der Waals surface area contributed by atoms with Crippen LogP contribution in [0.15, 0.2) is 0 Å². The van der Waals surface area contributed by atoms with Crippen LogP contribution in [0.3, 0.4) is 0 Å². The van der Waals surface area contributed by atoms with E-state index in [9.17, 15) is 0 Å². The smallest absolute Gasteiger partial charge is 0.0686 e. The van der Waals surface area contributed by atoms with Gasteiger partial charge in [-0.3, -0.25) is 0 Å². The van der Waals surface area contributed by atoms with Crippen molar-refractivity contribution >= 4 is 0 Å². The Morgan fingerprint density at radius 1 is 1.42 bits per heavy atom. The number of nitriles is 1. The molecule has 0 radical (unpaired) electrons. The average Bonchev–Trinajstić information content (AvgIpc) is 2.57.